The summed E-state index contributed by atoms with van der Waals surface area (Å²) in [5, 5.41) is 12.2. The van der Waals surface area contributed by atoms with Crippen molar-refractivity contribution in [3.05, 3.63) is 29.8 Å². The van der Waals surface area contributed by atoms with Crippen LogP contribution in [0.2, 0.25) is 0 Å². The maximum Gasteiger partial charge on any atom is 0.337 e. The van der Waals surface area contributed by atoms with Gasteiger partial charge < -0.3 is 15.3 Å². The first-order valence-electron chi connectivity index (χ1n) is 6.50. The Hall–Kier alpha value is -2.37. The van der Waals surface area contributed by atoms with E-state index in [9.17, 15) is 9.59 Å². The first kappa shape index (κ1) is 14.0. The number of anilines is 1. The van der Waals surface area contributed by atoms with Crippen LogP contribution in [0.4, 0.5) is 5.69 Å². The fourth-order valence-electron chi connectivity index (χ4n) is 2.05. The number of benzene rings is 1. The minimum Gasteiger partial charge on any atom is -0.478 e. The van der Waals surface area contributed by atoms with Gasteiger partial charge in [0.05, 0.1) is 11.3 Å². The largest absolute Gasteiger partial charge is 0.478 e. The van der Waals surface area contributed by atoms with Crippen LogP contribution < -0.4 is 10.2 Å². The number of carbonyl (C=O) groups is 2. The highest BCUT2D eigenvalue weighted by Gasteiger charge is 2.22. The molecule has 1 aromatic rings. The van der Waals surface area contributed by atoms with Gasteiger partial charge in [0.1, 0.15) is 0 Å². The van der Waals surface area contributed by atoms with Gasteiger partial charge in [0.15, 0.2) is 5.84 Å². The van der Waals surface area contributed by atoms with E-state index in [-0.39, 0.29) is 11.5 Å². The van der Waals surface area contributed by atoms with Crippen LogP contribution in [0.15, 0.2) is 29.3 Å². The van der Waals surface area contributed by atoms with Crippen LogP contribution in [0.25, 0.3) is 0 Å². The van der Waals surface area contributed by atoms with Gasteiger partial charge in [-0.3, -0.25) is 9.79 Å². The average molecular weight is 275 g/mol. The lowest BCUT2D eigenvalue weighted by molar-refractivity contribution is -0.112. The van der Waals surface area contributed by atoms with E-state index >= 15 is 0 Å². The van der Waals surface area contributed by atoms with Crippen LogP contribution in [0.3, 0.4) is 0 Å². The summed E-state index contributed by atoms with van der Waals surface area (Å²) < 4.78 is 0. The number of para-hydroxylation sites is 1. The van der Waals surface area contributed by atoms with Crippen molar-refractivity contribution in [2.24, 2.45) is 4.99 Å². The number of carboxylic acids is 1. The topological polar surface area (TPSA) is 82.0 Å². The molecule has 1 aromatic carbocycles. The Kier molecular flexibility index (Phi) is 4.34. The highest BCUT2D eigenvalue weighted by Crippen LogP contribution is 2.19. The Morgan fingerprint density at radius 3 is 2.80 bits per heavy atom. The second kappa shape index (κ2) is 6.18. The Balaban J connectivity index is 2.26. The molecule has 0 aromatic heterocycles. The number of aromatic carboxylic acids is 1. The molecular weight excluding hydrogens is 258 g/mol. The fraction of sp³-hybridized carbons (Fsp3) is 0.357. The number of hydrogen-bond donors (Lipinski definition) is 2. The lowest BCUT2D eigenvalue weighted by atomic mass is 10.1. The molecule has 2 rings (SSSR count). The molecule has 0 saturated heterocycles. The molecule has 106 valence electrons. The first-order valence-corrected chi connectivity index (χ1v) is 6.50. The summed E-state index contributed by atoms with van der Waals surface area (Å²) in [6, 6.07) is 6.42. The van der Waals surface area contributed by atoms with Gasteiger partial charge in [-0.25, -0.2) is 4.79 Å². The molecule has 1 aliphatic heterocycles. The summed E-state index contributed by atoms with van der Waals surface area (Å²) >= 11 is 0. The van der Waals surface area contributed by atoms with Gasteiger partial charge in [-0.05, 0) is 25.0 Å². The molecule has 0 atom stereocenters. The Morgan fingerprint density at radius 2 is 2.05 bits per heavy atom. The smallest absolute Gasteiger partial charge is 0.337 e. The maximum absolute atomic E-state index is 12.4. The van der Waals surface area contributed by atoms with Gasteiger partial charge in [-0.2, -0.15) is 0 Å². The number of carbonyl (C=O) groups excluding carboxylic acids is 1. The minimum atomic E-state index is -1.06. The molecule has 0 bridgehead atoms. The van der Waals surface area contributed by atoms with Crippen molar-refractivity contribution in [2.75, 3.05) is 25.0 Å². The Morgan fingerprint density at radius 1 is 1.30 bits per heavy atom. The lowest BCUT2D eigenvalue weighted by Crippen LogP contribution is -2.41. The van der Waals surface area contributed by atoms with Gasteiger partial charge in [0, 0.05) is 20.1 Å². The van der Waals surface area contributed by atoms with E-state index in [0.29, 0.717) is 24.6 Å². The zero-order valence-electron chi connectivity index (χ0n) is 11.3. The van der Waals surface area contributed by atoms with Crippen molar-refractivity contribution < 1.29 is 14.7 Å². The normalized spacial score (nSPS) is 14.8. The van der Waals surface area contributed by atoms with E-state index in [1.165, 1.54) is 11.0 Å². The lowest BCUT2D eigenvalue weighted by Gasteiger charge is -2.20. The summed E-state index contributed by atoms with van der Waals surface area (Å²) in [6.07, 6.45) is 1.91. The summed E-state index contributed by atoms with van der Waals surface area (Å²) in [6.45, 7) is 1.32. The predicted molar refractivity (Wildman–Crippen MR) is 76.4 cm³/mol. The van der Waals surface area contributed by atoms with E-state index in [0.717, 1.165) is 12.8 Å². The molecule has 0 saturated carbocycles. The number of carboxylic acid groups (broad SMARTS) is 1. The van der Waals surface area contributed by atoms with E-state index in [1.807, 2.05) is 0 Å². The molecular formula is C14H17N3O3. The summed E-state index contributed by atoms with van der Waals surface area (Å²) in [4.78, 5) is 29.1. The summed E-state index contributed by atoms with van der Waals surface area (Å²) in [5.74, 6) is -1.08. The molecule has 2 N–H and O–H groups in total. The molecule has 1 aliphatic rings. The van der Waals surface area contributed by atoms with Crippen molar-refractivity contribution in [3.63, 3.8) is 0 Å². The van der Waals surface area contributed by atoms with Crippen molar-refractivity contribution in [1.29, 1.82) is 0 Å². The molecule has 0 unspecified atom stereocenters. The molecule has 0 fully saturated rings. The third kappa shape index (κ3) is 2.96. The number of nitrogens with one attached hydrogen (secondary N) is 1. The van der Waals surface area contributed by atoms with E-state index in [2.05, 4.69) is 10.3 Å². The van der Waals surface area contributed by atoms with Crippen molar-refractivity contribution >= 4 is 23.4 Å². The van der Waals surface area contributed by atoms with E-state index in [4.69, 9.17) is 5.11 Å². The molecule has 6 nitrogen and oxygen atoms in total. The highest BCUT2D eigenvalue weighted by molar-refractivity contribution is 6.43. The number of hydrogen-bond acceptors (Lipinski definition) is 4. The molecule has 1 amide bonds. The summed E-state index contributed by atoms with van der Waals surface area (Å²) in [5.41, 5.74) is 0.455. The molecule has 0 radical (unpaired) electrons. The Bertz CT molecular complexity index is 554. The third-order valence-corrected chi connectivity index (χ3v) is 3.15. The van der Waals surface area contributed by atoms with Crippen molar-refractivity contribution in [1.82, 2.24) is 5.32 Å². The predicted octanol–water partition coefficient (Wildman–Crippen LogP) is 1.13. The summed E-state index contributed by atoms with van der Waals surface area (Å²) in [7, 11) is 1.55. The maximum atomic E-state index is 12.4. The number of amides is 1. The van der Waals surface area contributed by atoms with Gasteiger partial charge >= 0.3 is 5.97 Å². The Labute approximate surface area is 117 Å². The second-order valence-electron chi connectivity index (χ2n) is 4.55. The van der Waals surface area contributed by atoms with Gasteiger partial charge in [-0.1, -0.05) is 12.1 Å². The average Bonchev–Trinajstić information content (AvgIpc) is 2.74. The van der Waals surface area contributed by atoms with Crippen LogP contribution >= 0.6 is 0 Å². The zero-order chi connectivity index (χ0) is 14.5. The van der Waals surface area contributed by atoms with Crippen LogP contribution in [-0.2, 0) is 4.79 Å². The zero-order valence-corrected chi connectivity index (χ0v) is 11.3. The van der Waals surface area contributed by atoms with Gasteiger partial charge in [-0.15, -0.1) is 0 Å². The van der Waals surface area contributed by atoms with E-state index < -0.39 is 5.97 Å². The monoisotopic (exact) mass is 275 g/mol. The van der Waals surface area contributed by atoms with Crippen LogP contribution in [-0.4, -0.2) is 43.0 Å². The molecule has 20 heavy (non-hydrogen) atoms. The quantitative estimate of drug-likeness (QED) is 0.866. The van der Waals surface area contributed by atoms with Crippen molar-refractivity contribution in [3.8, 4) is 0 Å². The third-order valence-electron chi connectivity index (χ3n) is 3.15. The highest BCUT2D eigenvalue weighted by atomic mass is 16.4. The van der Waals surface area contributed by atoms with Crippen LogP contribution in [0.5, 0.6) is 0 Å². The van der Waals surface area contributed by atoms with Gasteiger partial charge in [0.25, 0.3) is 5.91 Å². The first-order chi connectivity index (χ1) is 9.61. The SMILES string of the molecule is CN(C(=O)C1=NCCCCN1)c1ccccc1C(=O)O. The second-order valence-corrected chi connectivity index (χ2v) is 4.55. The van der Waals surface area contributed by atoms with E-state index in [1.54, 1.807) is 25.2 Å². The number of likely N-dealkylation sites (N-methyl/N-ethyl adjacent to an activating group) is 1. The standard InChI is InChI=1S/C14H17N3O3/c1-17(11-7-3-2-6-10(11)14(19)20)13(18)12-15-8-4-5-9-16-12/h2-3,6-7H,4-5,8-9H2,1H3,(H,15,16)(H,19,20). The molecule has 6 heteroatoms. The number of nitrogens with zero attached hydrogens (tertiary/aromatic N) is 2. The number of rotatable bonds is 3. The van der Waals surface area contributed by atoms with Crippen LogP contribution in [0.1, 0.15) is 23.2 Å². The van der Waals surface area contributed by atoms with Crippen molar-refractivity contribution in [2.45, 2.75) is 12.8 Å². The minimum absolute atomic E-state index is 0.0950. The number of amidine groups is 1. The van der Waals surface area contributed by atoms with Crippen LogP contribution in [0, 0.1) is 0 Å². The molecule has 0 aliphatic carbocycles. The van der Waals surface area contributed by atoms with Gasteiger partial charge in [0.2, 0.25) is 0 Å². The molecule has 0 spiro atoms. The number of aliphatic imine (C=N–C) groups is 1. The fourth-order valence-corrected chi connectivity index (χ4v) is 2.05. The molecule has 1 heterocycles.